The van der Waals surface area contributed by atoms with Crippen molar-refractivity contribution in [3.8, 4) is 0 Å². The fourth-order valence-corrected chi connectivity index (χ4v) is 2.05. The van der Waals surface area contributed by atoms with Crippen LogP contribution in [0.3, 0.4) is 0 Å². The van der Waals surface area contributed by atoms with Gasteiger partial charge in [0.1, 0.15) is 0 Å². The summed E-state index contributed by atoms with van der Waals surface area (Å²) in [6, 6.07) is 13.6. The van der Waals surface area contributed by atoms with Crippen molar-refractivity contribution in [1.82, 2.24) is 0 Å². The summed E-state index contributed by atoms with van der Waals surface area (Å²) in [7, 11) is 0. The average molecular weight is 307 g/mol. The van der Waals surface area contributed by atoms with Gasteiger partial charge in [0.2, 0.25) is 0 Å². The molecule has 102 valence electrons. The molecule has 2 rings (SSSR count). The Hall–Kier alpha value is -2.11. The van der Waals surface area contributed by atoms with Crippen molar-refractivity contribution in [2.75, 3.05) is 10.6 Å². The molecule has 0 amide bonds. The molecule has 0 bridgehead atoms. The van der Waals surface area contributed by atoms with Crippen LogP contribution in [0.5, 0.6) is 0 Å². The van der Waals surface area contributed by atoms with Gasteiger partial charge in [-0.1, -0.05) is 29.8 Å². The molecule has 6 heteroatoms. The van der Waals surface area contributed by atoms with Gasteiger partial charge in [0.05, 0.1) is 11.3 Å². The fourth-order valence-electron chi connectivity index (χ4n) is 1.63. The van der Waals surface area contributed by atoms with Gasteiger partial charge in [0.25, 0.3) is 0 Å². The molecule has 0 aliphatic carbocycles. The van der Waals surface area contributed by atoms with Crippen LogP contribution in [0.25, 0.3) is 0 Å². The molecule has 0 heterocycles. The highest BCUT2D eigenvalue weighted by Gasteiger charge is 2.09. The lowest BCUT2D eigenvalue weighted by Crippen LogP contribution is -2.20. The zero-order valence-electron chi connectivity index (χ0n) is 10.3. The molecule has 0 saturated heterocycles. The Morgan fingerprint density at radius 3 is 2.55 bits per heavy atom. The standard InChI is InChI=1S/C14H11ClN2O2S/c15-9-4-3-5-10(8-9)16-14(20)17-12-7-2-1-6-11(12)13(18)19/h1-8H,(H,18,19)(H2,16,17,20). The number of nitrogens with one attached hydrogen (secondary N) is 2. The molecule has 0 aliphatic rings. The monoisotopic (exact) mass is 306 g/mol. The topological polar surface area (TPSA) is 61.4 Å². The zero-order valence-corrected chi connectivity index (χ0v) is 11.8. The molecule has 0 unspecified atom stereocenters. The van der Waals surface area contributed by atoms with Crippen LogP contribution in [0.1, 0.15) is 10.4 Å². The Morgan fingerprint density at radius 2 is 1.85 bits per heavy atom. The maximum Gasteiger partial charge on any atom is 0.337 e. The van der Waals surface area contributed by atoms with Gasteiger partial charge in [-0.05, 0) is 42.5 Å². The summed E-state index contributed by atoms with van der Waals surface area (Å²) in [5.41, 5.74) is 1.31. The largest absolute Gasteiger partial charge is 0.478 e. The lowest BCUT2D eigenvalue weighted by molar-refractivity contribution is 0.0698. The number of carbonyl (C=O) groups is 1. The second-order valence-corrected chi connectivity index (χ2v) is 4.78. The third-order valence-electron chi connectivity index (χ3n) is 2.49. The first kappa shape index (κ1) is 14.3. The molecule has 0 spiro atoms. The maximum atomic E-state index is 11.1. The Morgan fingerprint density at radius 1 is 1.10 bits per heavy atom. The first-order valence-corrected chi connectivity index (χ1v) is 6.51. The minimum Gasteiger partial charge on any atom is -0.478 e. The minimum absolute atomic E-state index is 0.155. The molecular weight excluding hydrogens is 296 g/mol. The summed E-state index contributed by atoms with van der Waals surface area (Å²) in [5, 5.41) is 15.8. The normalized spacial score (nSPS) is 9.85. The molecule has 20 heavy (non-hydrogen) atoms. The minimum atomic E-state index is -1.02. The van der Waals surface area contributed by atoms with Crippen LogP contribution in [0.15, 0.2) is 48.5 Å². The van der Waals surface area contributed by atoms with E-state index in [0.29, 0.717) is 15.8 Å². The molecule has 2 aromatic carbocycles. The SMILES string of the molecule is O=C(O)c1ccccc1NC(=S)Nc1cccc(Cl)c1. The second-order valence-electron chi connectivity index (χ2n) is 3.94. The lowest BCUT2D eigenvalue weighted by Gasteiger charge is -2.12. The second kappa shape index (κ2) is 6.36. The first-order chi connectivity index (χ1) is 9.56. The van der Waals surface area contributed by atoms with E-state index in [1.165, 1.54) is 6.07 Å². The molecule has 4 nitrogen and oxygen atoms in total. The van der Waals surface area contributed by atoms with Gasteiger partial charge >= 0.3 is 5.97 Å². The van der Waals surface area contributed by atoms with E-state index < -0.39 is 5.97 Å². The molecular formula is C14H11ClN2O2S. The smallest absolute Gasteiger partial charge is 0.337 e. The predicted molar refractivity (Wildman–Crippen MR) is 84.7 cm³/mol. The van der Waals surface area contributed by atoms with E-state index in [2.05, 4.69) is 10.6 Å². The van der Waals surface area contributed by atoms with Gasteiger partial charge in [-0.3, -0.25) is 0 Å². The van der Waals surface area contributed by atoms with Crippen LogP contribution in [0.2, 0.25) is 5.02 Å². The molecule has 3 N–H and O–H groups in total. The van der Waals surface area contributed by atoms with Crippen LogP contribution in [-0.4, -0.2) is 16.2 Å². The van der Waals surface area contributed by atoms with Crippen molar-refractivity contribution in [2.45, 2.75) is 0 Å². The Balaban J connectivity index is 2.11. The van der Waals surface area contributed by atoms with E-state index in [-0.39, 0.29) is 5.56 Å². The highest BCUT2D eigenvalue weighted by molar-refractivity contribution is 7.80. The van der Waals surface area contributed by atoms with Crippen molar-refractivity contribution in [3.63, 3.8) is 0 Å². The van der Waals surface area contributed by atoms with Crippen LogP contribution in [0.4, 0.5) is 11.4 Å². The summed E-state index contributed by atoms with van der Waals surface area (Å²) in [6.07, 6.45) is 0. The molecule has 0 aliphatic heterocycles. The third kappa shape index (κ3) is 3.69. The van der Waals surface area contributed by atoms with Gasteiger partial charge in [-0.2, -0.15) is 0 Å². The number of thiocarbonyl (C=S) groups is 1. The van der Waals surface area contributed by atoms with E-state index in [4.69, 9.17) is 28.9 Å². The van der Waals surface area contributed by atoms with Crippen molar-refractivity contribution in [1.29, 1.82) is 0 Å². The highest BCUT2D eigenvalue weighted by atomic mass is 35.5. The number of carboxylic acids is 1. The number of para-hydroxylation sites is 1. The Labute approximate surface area is 126 Å². The quantitative estimate of drug-likeness (QED) is 0.752. The number of carboxylic acid groups (broad SMARTS) is 1. The van der Waals surface area contributed by atoms with Crippen LogP contribution in [-0.2, 0) is 0 Å². The van der Waals surface area contributed by atoms with E-state index >= 15 is 0 Å². The number of benzene rings is 2. The van der Waals surface area contributed by atoms with Crippen molar-refractivity contribution in [2.24, 2.45) is 0 Å². The van der Waals surface area contributed by atoms with Crippen molar-refractivity contribution < 1.29 is 9.90 Å². The van der Waals surface area contributed by atoms with Crippen LogP contribution >= 0.6 is 23.8 Å². The predicted octanol–water partition coefficient (Wildman–Crippen LogP) is 3.85. The Kier molecular flexibility index (Phi) is 4.55. The van der Waals surface area contributed by atoms with Gasteiger partial charge in [-0.15, -0.1) is 0 Å². The number of anilines is 2. The van der Waals surface area contributed by atoms with Gasteiger partial charge in [0, 0.05) is 10.7 Å². The van der Waals surface area contributed by atoms with E-state index in [1.807, 2.05) is 6.07 Å². The van der Waals surface area contributed by atoms with Gasteiger partial charge < -0.3 is 15.7 Å². The summed E-state index contributed by atoms with van der Waals surface area (Å²) in [6.45, 7) is 0. The zero-order chi connectivity index (χ0) is 14.5. The Bertz CT molecular complexity index is 661. The number of hydrogen-bond acceptors (Lipinski definition) is 2. The van der Waals surface area contributed by atoms with E-state index in [9.17, 15) is 4.79 Å². The number of rotatable bonds is 3. The summed E-state index contributed by atoms with van der Waals surface area (Å²) >= 11 is 11.0. The molecule has 0 fully saturated rings. The van der Waals surface area contributed by atoms with Gasteiger partial charge in [-0.25, -0.2) is 4.79 Å². The van der Waals surface area contributed by atoms with E-state index in [1.54, 1.807) is 36.4 Å². The molecule has 0 saturated carbocycles. The average Bonchev–Trinajstić information content (AvgIpc) is 2.38. The number of hydrogen-bond donors (Lipinski definition) is 3. The summed E-state index contributed by atoms with van der Waals surface area (Å²) in [4.78, 5) is 11.1. The highest BCUT2D eigenvalue weighted by Crippen LogP contribution is 2.17. The van der Waals surface area contributed by atoms with E-state index in [0.717, 1.165) is 5.69 Å². The summed E-state index contributed by atoms with van der Waals surface area (Å²) in [5.74, 6) is -1.02. The number of halogens is 1. The lowest BCUT2D eigenvalue weighted by atomic mass is 10.2. The van der Waals surface area contributed by atoms with Gasteiger partial charge in [0.15, 0.2) is 5.11 Å². The van der Waals surface area contributed by atoms with Crippen molar-refractivity contribution in [3.05, 3.63) is 59.1 Å². The maximum absolute atomic E-state index is 11.1. The molecule has 2 aromatic rings. The van der Waals surface area contributed by atoms with Crippen molar-refractivity contribution >= 4 is 46.3 Å². The third-order valence-corrected chi connectivity index (χ3v) is 2.93. The number of aromatic carboxylic acids is 1. The van der Waals surface area contributed by atoms with Crippen LogP contribution in [0, 0.1) is 0 Å². The first-order valence-electron chi connectivity index (χ1n) is 5.72. The molecule has 0 atom stereocenters. The molecule has 0 radical (unpaired) electrons. The fraction of sp³-hybridized carbons (Fsp3) is 0. The molecule has 0 aromatic heterocycles. The van der Waals surface area contributed by atoms with Crippen LogP contribution < -0.4 is 10.6 Å². The summed E-state index contributed by atoms with van der Waals surface area (Å²) < 4.78 is 0.